The van der Waals surface area contributed by atoms with Gasteiger partial charge in [0.05, 0.1) is 7.11 Å². The molecular weight excluding hydrogens is 278 g/mol. The molecule has 1 saturated carbocycles. The van der Waals surface area contributed by atoms with Crippen molar-refractivity contribution in [2.45, 2.75) is 51.0 Å². The maximum Gasteiger partial charge on any atom is 0.328 e. The number of esters is 1. The molecule has 0 saturated heterocycles. The van der Waals surface area contributed by atoms with Gasteiger partial charge in [0.2, 0.25) is 5.91 Å². The third-order valence-corrected chi connectivity index (χ3v) is 4.30. The summed E-state index contributed by atoms with van der Waals surface area (Å²) < 4.78 is 4.82. The fourth-order valence-corrected chi connectivity index (χ4v) is 3.09. The molecule has 0 radical (unpaired) electrons. The molecule has 4 heteroatoms. The van der Waals surface area contributed by atoms with Crippen molar-refractivity contribution in [2.75, 3.05) is 7.11 Å². The van der Waals surface area contributed by atoms with Crippen LogP contribution in [0.25, 0.3) is 0 Å². The zero-order valence-corrected chi connectivity index (χ0v) is 13.2. The number of benzene rings is 1. The Morgan fingerprint density at radius 3 is 2.50 bits per heavy atom. The Kier molecular flexibility index (Phi) is 6.44. The summed E-state index contributed by atoms with van der Waals surface area (Å²) in [7, 11) is 1.35. The van der Waals surface area contributed by atoms with Crippen molar-refractivity contribution in [1.82, 2.24) is 5.32 Å². The van der Waals surface area contributed by atoms with Gasteiger partial charge in [-0.3, -0.25) is 4.79 Å². The number of amides is 1. The molecule has 0 spiro atoms. The summed E-state index contributed by atoms with van der Waals surface area (Å²) >= 11 is 0. The van der Waals surface area contributed by atoms with E-state index < -0.39 is 6.04 Å². The van der Waals surface area contributed by atoms with Gasteiger partial charge in [-0.1, -0.05) is 49.6 Å². The summed E-state index contributed by atoms with van der Waals surface area (Å²) in [5.41, 5.74) is 1.01. The highest BCUT2D eigenvalue weighted by atomic mass is 16.5. The summed E-state index contributed by atoms with van der Waals surface area (Å²) in [6.45, 7) is 0. The van der Waals surface area contributed by atoms with Gasteiger partial charge >= 0.3 is 5.97 Å². The van der Waals surface area contributed by atoms with Crippen molar-refractivity contribution >= 4 is 11.9 Å². The second kappa shape index (κ2) is 8.57. The summed E-state index contributed by atoms with van der Waals surface area (Å²) in [5, 5.41) is 2.85. The average molecular weight is 303 g/mol. The Bertz CT molecular complexity index is 480. The van der Waals surface area contributed by atoms with Crippen LogP contribution in [-0.2, 0) is 20.7 Å². The van der Waals surface area contributed by atoms with Crippen LogP contribution in [0.2, 0.25) is 0 Å². The molecule has 1 N–H and O–H groups in total. The number of rotatable bonds is 6. The highest BCUT2D eigenvalue weighted by Crippen LogP contribution is 2.26. The van der Waals surface area contributed by atoms with E-state index in [1.807, 2.05) is 30.3 Å². The largest absolute Gasteiger partial charge is 0.467 e. The van der Waals surface area contributed by atoms with Crippen LogP contribution in [0.15, 0.2) is 30.3 Å². The van der Waals surface area contributed by atoms with Crippen molar-refractivity contribution < 1.29 is 14.3 Å². The highest BCUT2D eigenvalue weighted by Gasteiger charge is 2.24. The zero-order chi connectivity index (χ0) is 15.8. The highest BCUT2D eigenvalue weighted by molar-refractivity contribution is 5.84. The minimum atomic E-state index is -0.608. The first-order valence-corrected chi connectivity index (χ1v) is 8.10. The fourth-order valence-electron chi connectivity index (χ4n) is 3.09. The average Bonchev–Trinajstić information content (AvgIpc) is 2.55. The standard InChI is InChI=1S/C18H25NO3/c1-22-18(21)16(12-14-8-4-2-5-9-14)19-17(20)13-15-10-6-3-7-11-15/h2,4-5,8-9,15-16H,3,6-7,10-13H2,1H3,(H,19,20). The second-order valence-electron chi connectivity index (χ2n) is 6.04. The van der Waals surface area contributed by atoms with Crippen LogP contribution in [0.4, 0.5) is 0 Å². The lowest BCUT2D eigenvalue weighted by Gasteiger charge is -2.22. The third-order valence-electron chi connectivity index (χ3n) is 4.30. The SMILES string of the molecule is COC(=O)C(Cc1ccccc1)NC(=O)CC1CCCCC1. The van der Waals surface area contributed by atoms with Crippen LogP contribution in [0.5, 0.6) is 0 Å². The fraction of sp³-hybridized carbons (Fsp3) is 0.556. The first kappa shape index (κ1) is 16.5. The third kappa shape index (κ3) is 5.17. The number of ether oxygens (including phenoxy) is 1. The van der Waals surface area contributed by atoms with Crippen LogP contribution in [0, 0.1) is 5.92 Å². The van der Waals surface area contributed by atoms with Gasteiger partial charge in [-0.2, -0.15) is 0 Å². The van der Waals surface area contributed by atoms with Gasteiger partial charge in [-0.15, -0.1) is 0 Å². The number of carbonyl (C=O) groups excluding carboxylic acids is 2. The topological polar surface area (TPSA) is 55.4 Å². The summed E-state index contributed by atoms with van der Waals surface area (Å²) in [5.74, 6) is 0.0304. The second-order valence-corrected chi connectivity index (χ2v) is 6.04. The quantitative estimate of drug-likeness (QED) is 0.822. The van der Waals surface area contributed by atoms with E-state index in [1.165, 1.54) is 26.4 Å². The van der Waals surface area contributed by atoms with E-state index in [0.717, 1.165) is 18.4 Å². The van der Waals surface area contributed by atoms with Gasteiger partial charge in [0, 0.05) is 12.8 Å². The molecule has 1 aliphatic carbocycles. The Balaban J connectivity index is 1.91. The normalized spacial score (nSPS) is 16.8. The molecule has 120 valence electrons. The molecule has 1 atom stereocenters. The molecule has 1 aromatic carbocycles. The predicted octanol–water partition coefficient (Wildman–Crippen LogP) is 2.86. The molecule has 0 bridgehead atoms. The van der Waals surface area contributed by atoms with Crippen molar-refractivity contribution in [3.63, 3.8) is 0 Å². The molecule has 4 nitrogen and oxygen atoms in total. The number of carbonyl (C=O) groups is 2. The van der Waals surface area contributed by atoms with Crippen LogP contribution in [-0.4, -0.2) is 25.0 Å². The minimum Gasteiger partial charge on any atom is -0.467 e. The summed E-state index contributed by atoms with van der Waals surface area (Å²) in [6.07, 6.45) is 6.91. The predicted molar refractivity (Wildman–Crippen MR) is 85.3 cm³/mol. The molecule has 1 aliphatic rings. The monoisotopic (exact) mass is 303 g/mol. The Hall–Kier alpha value is -1.84. The lowest BCUT2D eigenvalue weighted by atomic mass is 9.87. The van der Waals surface area contributed by atoms with Gasteiger partial charge in [0.1, 0.15) is 6.04 Å². The van der Waals surface area contributed by atoms with Gasteiger partial charge in [0.15, 0.2) is 0 Å². The van der Waals surface area contributed by atoms with E-state index >= 15 is 0 Å². The van der Waals surface area contributed by atoms with Crippen LogP contribution < -0.4 is 5.32 Å². The Labute approximate surface area is 132 Å². The van der Waals surface area contributed by atoms with E-state index in [2.05, 4.69) is 5.32 Å². The minimum absolute atomic E-state index is 0.0433. The van der Waals surface area contributed by atoms with Crippen molar-refractivity contribution in [3.8, 4) is 0 Å². The first-order valence-electron chi connectivity index (χ1n) is 8.10. The van der Waals surface area contributed by atoms with Crippen molar-refractivity contribution in [3.05, 3.63) is 35.9 Å². The van der Waals surface area contributed by atoms with Gasteiger partial charge in [0.25, 0.3) is 0 Å². The molecule has 1 aromatic rings. The van der Waals surface area contributed by atoms with E-state index in [4.69, 9.17) is 4.74 Å². The van der Waals surface area contributed by atoms with E-state index in [0.29, 0.717) is 18.8 Å². The number of hydrogen-bond acceptors (Lipinski definition) is 3. The van der Waals surface area contributed by atoms with Crippen LogP contribution in [0.1, 0.15) is 44.1 Å². The molecular formula is C18H25NO3. The molecule has 1 unspecified atom stereocenters. The van der Waals surface area contributed by atoms with E-state index in [9.17, 15) is 9.59 Å². The van der Waals surface area contributed by atoms with Crippen molar-refractivity contribution in [1.29, 1.82) is 0 Å². The van der Waals surface area contributed by atoms with Crippen molar-refractivity contribution in [2.24, 2.45) is 5.92 Å². The van der Waals surface area contributed by atoms with Gasteiger partial charge in [-0.05, 0) is 24.3 Å². The molecule has 22 heavy (non-hydrogen) atoms. The number of methoxy groups -OCH3 is 1. The van der Waals surface area contributed by atoms with E-state index in [-0.39, 0.29) is 11.9 Å². The van der Waals surface area contributed by atoms with E-state index in [1.54, 1.807) is 0 Å². The zero-order valence-electron chi connectivity index (χ0n) is 13.2. The lowest BCUT2D eigenvalue weighted by molar-refractivity contribution is -0.145. The summed E-state index contributed by atoms with van der Waals surface area (Å²) in [6, 6.07) is 9.06. The maximum absolute atomic E-state index is 12.2. The molecule has 2 rings (SSSR count). The van der Waals surface area contributed by atoms with Crippen LogP contribution >= 0.6 is 0 Å². The van der Waals surface area contributed by atoms with Gasteiger partial charge in [-0.25, -0.2) is 4.79 Å². The maximum atomic E-state index is 12.2. The number of nitrogens with one attached hydrogen (secondary N) is 1. The molecule has 0 aliphatic heterocycles. The Morgan fingerprint density at radius 1 is 1.18 bits per heavy atom. The van der Waals surface area contributed by atoms with Gasteiger partial charge < -0.3 is 10.1 Å². The summed E-state index contributed by atoms with van der Waals surface area (Å²) in [4.78, 5) is 24.1. The first-order chi connectivity index (χ1) is 10.7. The van der Waals surface area contributed by atoms with Crippen LogP contribution in [0.3, 0.4) is 0 Å². The molecule has 1 fully saturated rings. The smallest absolute Gasteiger partial charge is 0.328 e. The molecule has 0 aromatic heterocycles. The molecule has 0 heterocycles. The number of hydrogen-bond donors (Lipinski definition) is 1. The molecule has 1 amide bonds. The Morgan fingerprint density at radius 2 is 1.86 bits per heavy atom. The lowest BCUT2D eigenvalue weighted by Crippen LogP contribution is -2.43.